The number of carbonyl (C=O) groups excluding carboxylic acids is 1. The minimum Gasteiger partial charge on any atom is -0.462 e. The minimum absolute atomic E-state index is 0.220. The SMILES string of the molecule is CCOC(=O)c1c(CN)n(C)c2cc(-c3cc(F)cc4ccccc34)ccc12. The molecule has 0 aliphatic carbocycles. The molecule has 0 amide bonds. The second kappa shape index (κ2) is 7.09. The van der Waals surface area contributed by atoms with Gasteiger partial charge in [-0.15, -0.1) is 0 Å². The van der Waals surface area contributed by atoms with E-state index in [-0.39, 0.29) is 18.3 Å². The largest absolute Gasteiger partial charge is 0.462 e. The van der Waals surface area contributed by atoms with Crippen LogP contribution in [0.3, 0.4) is 0 Å². The Morgan fingerprint density at radius 3 is 2.64 bits per heavy atom. The van der Waals surface area contributed by atoms with Gasteiger partial charge >= 0.3 is 5.97 Å². The Morgan fingerprint density at radius 2 is 1.89 bits per heavy atom. The zero-order valence-corrected chi connectivity index (χ0v) is 15.8. The van der Waals surface area contributed by atoms with Crippen LogP contribution in [0.15, 0.2) is 54.6 Å². The lowest BCUT2D eigenvalue weighted by molar-refractivity contribution is 0.0527. The third kappa shape index (κ3) is 2.84. The first-order valence-corrected chi connectivity index (χ1v) is 9.22. The predicted molar refractivity (Wildman–Crippen MR) is 110 cm³/mol. The summed E-state index contributed by atoms with van der Waals surface area (Å²) in [4.78, 5) is 12.5. The van der Waals surface area contributed by atoms with Crippen molar-refractivity contribution in [3.8, 4) is 11.1 Å². The first-order valence-electron chi connectivity index (χ1n) is 9.22. The van der Waals surface area contributed by atoms with Gasteiger partial charge in [0.2, 0.25) is 0 Å². The second-order valence-corrected chi connectivity index (χ2v) is 6.71. The monoisotopic (exact) mass is 376 g/mol. The number of carbonyl (C=O) groups is 1. The molecule has 1 heterocycles. The molecule has 0 spiro atoms. The number of nitrogens with zero attached hydrogens (tertiary/aromatic N) is 1. The van der Waals surface area contributed by atoms with Gasteiger partial charge in [-0.2, -0.15) is 0 Å². The Morgan fingerprint density at radius 1 is 1.11 bits per heavy atom. The fourth-order valence-electron chi connectivity index (χ4n) is 3.84. The van der Waals surface area contributed by atoms with Gasteiger partial charge in [0.05, 0.1) is 12.2 Å². The van der Waals surface area contributed by atoms with Crippen LogP contribution < -0.4 is 5.73 Å². The number of fused-ring (bicyclic) bond motifs is 2. The number of nitrogens with two attached hydrogens (primary N) is 1. The van der Waals surface area contributed by atoms with Gasteiger partial charge in [-0.05, 0) is 47.0 Å². The summed E-state index contributed by atoms with van der Waals surface area (Å²) in [6.45, 7) is 2.29. The number of aryl methyl sites for hydroxylation is 1. The van der Waals surface area contributed by atoms with Crippen LogP contribution in [0.25, 0.3) is 32.8 Å². The van der Waals surface area contributed by atoms with Crippen molar-refractivity contribution in [2.24, 2.45) is 12.8 Å². The molecule has 0 saturated heterocycles. The van der Waals surface area contributed by atoms with E-state index in [0.29, 0.717) is 12.2 Å². The van der Waals surface area contributed by atoms with Crippen molar-refractivity contribution in [3.05, 3.63) is 71.7 Å². The Bertz CT molecular complexity index is 1210. The van der Waals surface area contributed by atoms with Gasteiger partial charge in [0.1, 0.15) is 5.82 Å². The summed E-state index contributed by atoms with van der Waals surface area (Å²) >= 11 is 0. The van der Waals surface area contributed by atoms with Crippen molar-refractivity contribution >= 4 is 27.6 Å². The molecule has 28 heavy (non-hydrogen) atoms. The van der Waals surface area contributed by atoms with Crippen LogP contribution in [0.2, 0.25) is 0 Å². The number of esters is 1. The lowest BCUT2D eigenvalue weighted by atomic mass is 9.97. The molecule has 4 nitrogen and oxygen atoms in total. The molecular formula is C23H21FN2O2. The van der Waals surface area contributed by atoms with Gasteiger partial charge in [-0.25, -0.2) is 9.18 Å². The summed E-state index contributed by atoms with van der Waals surface area (Å²) in [6.07, 6.45) is 0. The summed E-state index contributed by atoms with van der Waals surface area (Å²) < 4.78 is 21.3. The highest BCUT2D eigenvalue weighted by atomic mass is 19.1. The number of ether oxygens (including phenoxy) is 1. The molecule has 3 aromatic carbocycles. The first-order chi connectivity index (χ1) is 13.5. The van der Waals surface area contributed by atoms with E-state index in [2.05, 4.69) is 0 Å². The summed E-state index contributed by atoms with van der Waals surface area (Å²) in [5.41, 5.74) is 9.67. The predicted octanol–water partition coefficient (Wildman–Crippen LogP) is 4.77. The van der Waals surface area contributed by atoms with Crippen molar-refractivity contribution in [3.63, 3.8) is 0 Å². The zero-order valence-electron chi connectivity index (χ0n) is 15.8. The molecule has 1 aromatic heterocycles. The van der Waals surface area contributed by atoms with Gasteiger partial charge < -0.3 is 15.0 Å². The van der Waals surface area contributed by atoms with Crippen LogP contribution in [0.1, 0.15) is 23.0 Å². The molecular weight excluding hydrogens is 355 g/mol. The molecule has 2 N–H and O–H groups in total. The van der Waals surface area contributed by atoms with Crippen LogP contribution >= 0.6 is 0 Å². The maximum atomic E-state index is 14.2. The fraction of sp³-hybridized carbons (Fsp3) is 0.174. The van der Waals surface area contributed by atoms with E-state index < -0.39 is 0 Å². The third-order valence-electron chi connectivity index (χ3n) is 5.13. The van der Waals surface area contributed by atoms with E-state index in [1.54, 1.807) is 13.0 Å². The average Bonchev–Trinajstić information content (AvgIpc) is 2.98. The van der Waals surface area contributed by atoms with Gasteiger partial charge in [-0.3, -0.25) is 0 Å². The van der Waals surface area contributed by atoms with Crippen molar-refractivity contribution in [2.45, 2.75) is 13.5 Å². The molecule has 4 rings (SSSR count). The minimum atomic E-state index is -0.377. The Labute approximate surface area is 162 Å². The third-order valence-corrected chi connectivity index (χ3v) is 5.13. The highest BCUT2D eigenvalue weighted by Gasteiger charge is 2.22. The maximum absolute atomic E-state index is 14.2. The number of hydrogen-bond acceptors (Lipinski definition) is 3. The smallest absolute Gasteiger partial charge is 0.340 e. The Kier molecular flexibility index (Phi) is 4.61. The Balaban J connectivity index is 1.97. The molecule has 0 bridgehead atoms. The zero-order chi connectivity index (χ0) is 19.8. The van der Waals surface area contributed by atoms with E-state index in [4.69, 9.17) is 10.5 Å². The molecule has 5 heteroatoms. The quantitative estimate of drug-likeness (QED) is 0.522. The lowest BCUT2D eigenvalue weighted by Gasteiger charge is -2.09. The van der Waals surface area contributed by atoms with Crippen LogP contribution in [0, 0.1) is 5.82 Å². The molecule has 142 valence electrons. The maximum Gasteiger partial charge on any atom is 0.340 e. The highest BCUT2D eigenvalue weighted by Crippen LogP contribution is 2.34. The van der Waals surface area contributed by atoms with Gasteiger partial charge in [0.15, 0.2) is 0 Å². The molecule has 0 fully saturated rings. The van der Waals surface area contributed by atoms with Gasteiger partial charge in [0.25, 0.3) is 0 Å². The van der Waals surface area contributed by atoms with Crippen molar-refractivity contribution in [1.82, 2.24) is 4.57 Å². The van der Waals surface area contributed by atoms with Crippen LogP contribution in [0.4, 0.5) is 4.39 Å². The van der Waals surface area contributed by atoms with E-state index in [1.165, 1.54) is 6.07 Å². The van der Waals surface area contributed by atoms with Crippen LogP contribution in [-0.4, -0.2) is 17.1 Å². The molecule has 0 saturated carbocycles. The van der Waals surface area contributed by atoms with Crippen molar-refractivity contribution in [2.75, 3.05) is 6.61 Å². The Hall–Kier alpha value is -3.18. The van der Waals surface area contributed by atoms with Crippen LogP contribution in [-0.2, 0) is 18.3 Å². The lowest BCUT2D eigenvalue weighted by Crippen LogP contribution is -2.12. The molecule has 0 unspecified atom stereocenters. The number of rotatable bonds is 4. The standard InChI is InChI=1S/C23H21FN2O2/c1-3-28-23(27)22-18-9-8-15(11-20(18)26(2)21(22)13-25)19-12-16(24)10-14-6-4-5-7-17(14)19/h4-12H,3,13,25H2,1-2H3. The number of benzene rings is 3. The number of aromatic nitrogens is 1. The van der Waals surface area contributed by atoms with E-state index in [1.807, 2.05) is 54.1 Å². The summed E-state index contributed by atoms with van der Waals surface area (Å²) in [6, 6.07) is 16.6. The molecule has 0 aliphatic heterocycles. The first kappa shape index (κ1) is 18.2. The highest BCUT2D eigenvalue weighted by molar-refractivity contribution is 6.07. The van der Waals surface area contributed by atoms with Gasteiger partial charge in [-0.1, -0.05) is 36.4 Å². The topological polar surface area (TPSA) is 57.2 Å². The summed E-state index contributed by atoms with van der Waals surface area (Å²) in [7, 11) is 1.88. The molecule has 0 aliphatic rings. The van der Waals surface area contributed by atoms with E-state index >= 15 is 0 Å². The summed E-state index contributed by atoms with van der Waals surface area (Å²) in [5, 5.41) is 2.60. The number of halogens is 1. The van der Waals surface area contributed by atoms with Crippen LogP contribution in [0.5, 0.6) is 0 Å². The molecule has 0 atom stereocenters. The van der Waals surface area contributed by atoms with Crippen molar-refractivity contribution < 1.29 is 13.9 Å². The second-order valence-electron chi connectivity index (χ2n) is 6.71. The fourth-order valence-corrected chi connectivity index (χ4v) is 3.84. The normalized spacial score (nSPS) is 11.3. The summed E-state index contributed by atoms with van der Waals surface area (Å²) in [5.74, 6) is -0.659. The molecule has 4 aromatic rings. The van der Waals surface area contributed by atoms with Crippen molar-refractivity contribution in [1.29, 1.82) is 0 Å². The molecule has 0 radical (unpaired) electrons. The van der Waals surface area contributed by atoms with E-state index in [9.17, 15) is 9.18 Å². The average molecular weight is 376 g/mol. The number of hydrogen-bond donors (Lipinski definition) is 1. The van der Waals surface area contributed by atoms with E-state index in [0.717, 1.165) is 38.5 Å². The van der Waals surface area contributed by atoms with Gasteiger partial charge in [0, 0.05) is 30.2 Å².